The highest BCUT2D eigenvalue weighted by molar-refractivity contribution is 6.90. The highest BCUT2D eigenvalue weighted by atomic mass is 16.3. The third-order valence-electron chi connectivity index (χ3n) is 14.1. The number of benzene rings is 9. The van der Waals surface area contributed by atoms with E-state index in [1.165, 1.54) is 38.7 Å². The van der Waals surface area contributed by atoms with Crippen LogP contribution in [0.4, 0.5) is 34.1 Å². The van der Waals surface area contributed by atoms with E-state index in [0.29, 0.717) is 0 Å². The minimum absolute atomic E-state index is 0.0752. The molecule has 5 nitrogen and oxygen atoms in total. The zero-order valence-electron chi connectivity index (χ0n) is 36.8. The van der Waals surface area contributed by atoms with E-state index in [2.05, 4.69) is 235 Å². The number of hydrogen-bond donors (Lipinski definition) is 0. The molecule has 66 heavy (non-hydrogen) atoms. The molecule has 2 aliphatic rings. The van der Waals surface area contributed by atoms with Crippen LogP contribution in [0.3, 0.4) is 0 Å². The summed E-state index contributed by atoms with van der Waals surface area (Å²) in [6.07, 6.45) is 0. The third-order valence-corrected chi connectivity index (χ3v) is 14.1. The molecule has 0 radical (unpaired) electrons. The number of furan rings is 2. The zero-order chi connectivity index (χ0) is 43.8. The van der Waals surface area contributed by atoms with Crippen LogP contribution in [0.5, 0.6) is 0 Å². The summed E-state index contributed by atoms with van der Waals surface area (Å²) in [4.78, 5) is 4.99. The van der Waals surface area contributed by atoms with E-state index in [9.17, 15) is 0 Å². The van der Waals surface area contributed by atoms with Crippen LogP contribution in [0.2, 0.25) is 0 Å². The lowest BCUT2D eigenvalue weighted by Crippen LogP contribution is -2.56. The minimum atomic E-state index is -0.208. The molecule has 12 aromatic rings. The van der Waals surface area contributed by atoms with Crippen LogP contribution in [0.1, 0.15) is 26.3 Å². The molecule has 14 rings (SSSR count). The number of para-hydroxylation sites is 5. The summed E-state index contributed by atoms with van der Waals surface area (Å²) in [5, 5.41) is 4.41. The fraction of sp³-hybridized carbons (Fsp3) is 0.0667. The van der Waals surface area contributed by atoms with Gasteiger partial charge in [0, 0.05) is 55.6 Å². The van der Waals surface area contributed by atoms with Crippen molar-refractivity contribution in [2.75, 3.05) is 9.80 Å². The predicted octanol–water partition coefficient (Wildman–Crippen LogP) is 15.3. The van der Waals surface area contributed by atoms with Crippen LogP contribution in [-0.4, -0.2) is 11.3 Å². The maximum Gasteiger partial charge on any atom is 0.333 e. The average molecular weight is 848 g/mol. The summed E-state index contributed by atoms with van der Waals surface area (Å²) in [5.74, 6) is 0. The highest BCUT2D eigenvalue weighted by Gasteiger charge is 2.45. The van der Waals surface area contributed by atoms with E-state index in [0.717, 1.165) is 89.1 Å². The fourth-order valence-corrected chi connectivity index (χ4v) is 11.2. The topological polar surface area (TPSA) is 37.7 Å². The smallest absolute Gasteiger partial charge is 0.333 e. The first-order valence-corrected chi connectivity index (χ1v) is 22.9. The Kier molecular flexibility index (Phi) is 7.69. The number of fused-ring (bicyclic) bond motifs is 13. The van der Waals surface area contributed by atoms with Crippen LogP contribution < -0.4 is 20.7 Å². The van der Waals surface area contributed by atoms with Gasteiger partial charge >= 0.3 is 6.85 Å². The van der Waals surface area contributed by atoms with Crippen LogP contribution in [-0.2, 0) is 5.41 Å². The van der Waals surface area contributed by atoms with Crippen molar-refractivity contribution in [3.63, 3.8) is 0 Å². The molecule has 0 saturated heterocycles. The number of nitrogens with zero attached hydrogens (tertiary/aromatic N) is 3. The second-order valence-electron chi connectivity index (χ2n) is 18.8. The molecule has 0 unspecified atom stereocenters. The molecular weight excluding hydrogens is 805 g/mol. The van der Waals surface area contributed by atoms with Crippen molar-refractivity contribution in [3.8, 4) is 22.3 Å². The number of rotatable bonds is 5. The largest absolute Gasteiger partial charge is 0.456 e. The van der Waals surface area contributed by atoms with Gasteiger partial charge in [-0.3, -0.25) is 0 Å². The Morgan fingerprint density at radius 3 is 1.85 bits per heavy atom. The van der Waals surface area contributed by atoms with Gasteiger partial charge in [0.15, 0.2) is 5.58 Å². The zero-order valence-corrected chi connectivity index (χ0v) is 36.8. The van der Waals surface area contributed by atoms with E-state index < -0.39 is 0 Å². The first-order valence-electron chi connectivity index (χ1n) is 22.9. The fourth-order valence-electron chi connectivity index (χ4n) is 11.2. The summed E-state index contributed by atoms with van der Waals surface area (Å²) in [5.41, 5.74) is 20.8. The quantitative estimate of drug-likeness (QED) is 0.162. The van der Waals surface area contributed by atoms with Crippen molar-refractivity contribution in [3.05, 3.63) is 206 Å². The Morgan fingerprint density at radius 1 is 0.470 bits per heavy atom. The van der Waals surface area contributed by atoms with Gasteiger partial charge in [-0.15, -0.1) is 0 Å². The molecule has 0 saturated carbocycles. The molecular formula is C60H42BN3O2. The Balaban J connectivity index is 1.20. The third kappa shape index (κ3) is 5.18. The molecule has 5 heterocycles. The lowest BCUT2D eigenvalue weighted by Gasteiger charge is -2.42. The van der Waals surface area contributed by atoms with E-state index in [1.807, 2.05) is 0 Å². The standard InChI is InChI=1S/C60H42BN3O2/c1-60(2,3)38-30-32-49(46(34-38)37-18-7-4-8-19-37)63-50-36-41(62(39-20-9-5-10-21-39)40-22-11-6-12-23-40)35-47-42-26-17-27-45-56(42)64(57-44-25-14-16-29-52(44)66-59(45)57)61(55(47)50)48-31-33-53-54(58(48)63)43-24-13-15-28-51(43)65-53/h4-36H,1-3H3. The molecule has 0 atom stereocenters. The SMILES string of the molecule is CC(C)(C)c1ccc(N2c3cc(N(c4ccccc4)c4ccccc4)cc4c3B(c3ccc5oc6ccccc6c5c32)n2c3c-4cccc3c3oc4ccccc4c32)c(-c2ccccc2)c1. The minimum Gasteiger partial charge on any atom is -0.456 e. The maximum absolute atomic E-state index is 6.89. The van der Waals surface area contributed by atoms with Gasteiger partial charge in [0.05, 0.1) is 22.3 Å². The Bertz CT molecular complexity index is 3900. The first-order chi connectivity index (χ1) is 32.4. The van der Waals surface area contributed by atoms with E-state index in [-0.39, 0.29) is 12.3 Å². The normalized spacial score (nSPS) is 13.0. The molecule has 312 valence electrons. The Labute approximate surface area is 382 Å². The van der Waals surface area contributed by atoms with Crippen LogP contribution in [0.15, 0.2) is 209 Å². The van der Waals surface area contributed by atoms with Crippen LogP contribution >= 0.6 is 0 Å². The molecule has 0 amide bonds. The number of anilines is 6. The summed E-state index contributed by atoms with van der Waals surface area (Å²) in [6, 6.07) is 72.7. The van der Waals surface area contributed by atoms with Gasteiger partial charge < -0.3 is 23.1 Å². The summed E-state index contributed by atoms with van der Waals surface area (Å²) in [7, 11) is 0. The van der Waals surface area contributed by atoms with Gasteiger partial charge in [-0.2, -0.15) is 0 Å². The molecule has 0 bridgehead atoms. The van der Waals surface area contributed by atoms with E-state index >= 15 is 0 Å². The van der Waals surface area contributed by atoms with Gasteiger partial charge in [0.25, 0.3) is 0 Å². The van der Waals surface area contributed by atoms with Gasteiger partial charge in [-0.1, -0.05) is 142 Å². The van der Waals surface area contributed by atoms with Crippen molar-refractivity contribution in [1.29, 1.82) is 0 Å². The van der Waals surface area contributed by atoms with Crippen LogP contribution in [0.25, 0.3) is 77.2 Å². The monoisotopic (exact) mass is 847 g/mol. The van der Waals surface area contributed by atoms with Crippen molar-refractivity contribution in [1.82, 2.24) is 4.48 Å². The van der Waals surface area contributed by atoms with Gasteiger partial charge in [-0.05, 0) is 112 Å². The van der Waals surface area contributed by atoms with Gasteiger partial charge in [-0.25, -0.2) is 0 Å². The highest BCUT2D eigenvalue weighted by Crippen LogP contribution is 2.53. The Hall–Kier alpha value is -8.22. The molecule has 0 aliphatic carbocycles. The van der Waals surface area contributed by atoms with E-state index in [1.54, 1.807) is 0 Å². The van der Waals surface area contributed by atoms with Crippen molar-refractivity contribution in [2.45, 2.75) is 26.2 Å². The maximum atomic E-state index is 6.89. The average Bonchev–Trinajstić information content (AvgIpc) is 4.03. The predicted molar refractivity (Wildman–Crippen MR) is 276 cm³/mol. The second kappa shape index (κ2) is 13.6. The van der Waals surface area contributed by atoms with Crippen molar-refractivity contribution in [2.24, 2.45) is 0 Å². The molecule has 2 aliphatic heterocycles. The molecule has 3 aromatic heterocycles. The van der Waals surface area contributed by atoms with E-state index in [4.69, 9.17) is 8.83 Å². The van der Waals surface area contributed by atoms with Crippen LogP contribution in [0, 0.1) is 0 Å². The van der Waals surface area contributed by atoms with Crippen molar-refractivity contribution >= 4 is 107 Å². The lowest BCUT2D eigenvalue weighted by molar-refractivity contribution is 0.590. The molecule has 9 aromatic carbocycles. The second-order valence-corrected chi connectivity index (χ2v) is 18.8. The first kappa shape index (κ1) is 37.2. The number of hydrogen-bond acceptors (Lipinski definition) is 4. The molecule has 0 N–H and O–H groups in total. The number of aromatic nitrogens is 1. The summed E-state index contributed by atoms with van der Waals surface area (Å²) >= 11 is 0. The van der Waals surface area contributed by atoms with Crippen molar-refractivity contribution < 1.29 is 8.83 Å². The van der Waals surface area contributed by atoms with Gasteiger partial charge in [0.1, 0.15) is 16.7 Å². The van der Waals surface area contributed by atoms with Gasteiger partial charge in [0.2, 0.25) is 0 Å². The lowest BCUT2D eigenvalue weighted by atomic mass is 9.45. The molecule has 6 heteroatoms. The Morgan fingerprint density at radius 2 is 1.12 bits per heavy atom. The summed E-state index contributed by atoms with van der Waals surface area (Å²) < 4.78 is 16.3. The summed E-state index contributed by atoms with van der Waals surface area (Å²) in [6.45, 7) is 6.70. The molecule has 0 spiro atoms. The molecule has 0 fully saturated rings.